The Bertz CT molecular complexity index is 337. The summed E-state index contributed by atoms with van der Waals surface area (Å²) in [7, 11) is 0. The summed E-state index contributed by atoms with van der Waals surface area (Å²) < 4.78 is 5.29. The molecular formula is C13H18O4. The Labute approximate surface area is 101 Å². The highest BCUT2D eigenvalue weighted by atomic mass is 16.5. The van der Waals surface area contributed by atoms with Crippen molar-refractivity contribution in [3.8, 4) is 0 Å². The van der Waals surface area contributed by atoms with Crippen molar-refractivity contribution >= 4 is 5.78 Å². The van der Waals surface area contributed by atoms with E-state index in [1.165, 1.54) is 6.92 Å². The molecule has 0 fully saturated rings. The number of Topliss-reactive ketones (excluding diaryl/α,β-unsaturated/α-hetero) is 1. The zero-order chi connectivity index (χ0) is 12.7. The summed E-state index contributed by atoms with van der Waals surface area (Å²) in [6, 6.07) is 9.60. The van der Waals surface area contributed by atoms with Crippen molar-refractivity contribution in [2.45, 2.75) is 32.2 Å². The number of aliphatic hydroxyl groups excluding tert-OH is 2. The number of hydrogen-bond acceptors (Lipinski definition) is 4. The lowest BCUT2D eigenvalue weighted by Crippen LogP contribution is -2.26. The van der Waals surface area contributed by atoms with Crippen LogP contribution in [-0.4, -0.2) is 34.8 Å². The monoisotopic (exact) mass is 238 g/mol. The second kappa shape index (κ2) is 7.17. The van der Waals surface area contributed by atoms with Crippen molar-refractivity contribution in [3.05, 3.63) is 35.9 Å². The maximum Gasteiger partial charge on any atom is 0.158 e. The lowest BCUT2D eigenvalue weighted by molar-refractivity contribution is -0.127. The van der Waals surface area contributed by atoms with E-state index in [-0.39, 0.29) is 18.8 Å². The van der Waals surface area contributed by atoms with Crippen LogP contribution in [-0.2, 0) is 16.1 Å². The molecule has 0 aliphatic rings. The van der Waals surface area contributed by atoms with Gasteiger partial charge in [-0.2, -0.15) is 0 Å². The number of benzene rings is 1. The van der Waals surface area contributed by atoms with Gasteiger partial charge in [-0.3, -0.25) is 4.79 Å². The van der Waals surface area contributed by atoms with E-state index in [0.717, 1.165) is 5.56 Å². The lowest BCUT2D eigenvalue weighted by Gasteiger charge is -2.13. The van der Waals surface area contributed by atoms with Crippen molar-refractivity contribution in [2.75, 3.05) is 6.61 Å². The average Bonchev–Trinajstić information content (AvgIpc) is 2.30. The van der Waals surface area contributed by atoms with Gasteiger partial charge in [0.25, 0.3) is 0 Å². The Morgan fingerprint density at radius 2 is 1.94 bits per heavy atom. The number of aliphatic hydroxyl groups is 2. The molecule has 0 aliphatic heterocycles. The summed E-state index contributed by atoms with van der Waals surface area (Å²) in [4.78, 5) is 10.8. The summed E-state index contributed by atoms with van der Waals surface area (Å²) in [5, 5.41) is 18.8. The molecule has 94 valence electrons. The van der Waals surface area contributed by atoms with Crippen LogP contribution in [0.5, 0.6) is 0 Å². The minimum Gasteiger partial charge on any atom is -0.391 e. The summed E-state index contributed by atoms with van der Waals surface area (Å²) in [5.74, 6) is -0.341. The third-order valence-corrected chi connectivity index (χ3v) is 2.39. The average molecular weight is 238 g/mol. The summed E-state index contributed by atoms with van der Waals surface area (Å²) in [6.07, 6.45) is -1.91. The maximum absolute atomic E-state index is 10.8. The van der Waals surface area contributed by atoms with E-state index in [1.807, 2.05) is 30.3 Å². The van der Waals surface area contributed by atoms with Gasteiger partial charge in [-0.15, -0.1) is 0 Å². The first-order valence-corrected chi connectivity index (χ1v) is 5.58. The SMILES string of the molecule is CC(=O)[C@@H](O)C[C@@H](O)COCc1ccccc1. The summed E-state index contributed by atoms with van der Waals surface area (Å²) >= 11 is 0. The second-order valence-electron chi connectivity index (χ2n) is 4.02. The molecule has 4 nitrogen and oxygen atoms in total. The van der Waals surface area contributed by atoms with Gasteiger partial charge in [0.1, 0.15) is 6.10 Å². The first-order chi connectivity index (χ1) is 8.09. The molecule has 17 heavy (non-hydrogen) atoms. The quantitative estimate of drug-likeness (QED) is 0.740. The van der Waals surface area contributed by atoms with Crippen LogP contribution in [0.25, 0.3) is 0 Å². The van der Waals surface area contributed by atoms with Gasteiger partial charge < -0.3 is 14.9 Å². The van der Waals surface area contributed by atoms with Crippen molar-refractivity contribution in [1.82, 2.24) is 0 Å². The molecule has 1 aromatic carbocycles. The standard InChI is InChI=1S/C13H18O4/c1-10(14)13(16)7-12(15)9-17-8-11-5-3-2-4-6-11/h2-6,12-13,15-16H,7-9H2,1H3/t12-,13+/m1/s1. The van der Waals surface area contributed by atoms with Gasteiger partial charge in [-0.05, 0) is 12.5 Å². The predicted octanol–water partition coefficient (Wildman–Crippen LogP) is 0.904. The molecule has 2 N–H and O–H groups in total. The molecule has 0 bridgehead atoms. The largest absolute Gasteiger partial charge is 0.391 e. The van der Waals surface area contributed by atoms with Crippen molar-refractivity contribution < 1.29 is 19.7 Å². The van der Waals surface area contributed by atoms with Crippen LogP contribution < -0.4 is 0 Å². The molecule has 0 unspecified atom stereocenters. The first kappa shape index (κ1) is 13.8. The molecule has 1 aromatic rings. The van der Waals surface area contributed by atoms with E-state index < -0.39 is 12.2 Å². The van der Waals surface area contributed by atoms with Crippen LogP contribution in [0, 0.1) is 0 Å². The van der Waals surface area contributed by atoms with Crippen LogP contribution in [0.1, 0.15) is 18.9 Å². The molecule has 1 rings (SSSR count). The van der Waals surface area contributed by atoms with E-state index in [1.54, 1.807) is 0 Å². The third kappa shape index (κ3) is 5.58. The molecule has 0 saturated carbocycles. The van der Waals surface area contributed by atoms with Gasteiger partial charge in [0.15, 0.2) is 5.78 Å². The number of rotatable bonds is 7. The lowest BCUT2D eigenvalue weighted by atomic mass is 10.1. The van der Waals surface area contributed by atoms with Crippen LogP contribution in [0.15, 0.2) is 30.3 Å². The van der Waals surface area contributed by atoms with Gasteiger partial charge in [-0.1, -0.05) is 30.3 Å². The molecule has 0 aromatic heterocycles. The molecule has 0 saturated heterocycles. The van der Waals surface area contributed by atoms with Crippen LogP contribution in [0.2, 0.25) is 0 Å². The molecule has 0 radical (unpaired) electrons. The number of ether oxygens (including phenoxy) is 1. The van der Waals surface area contributed by atoms with Crippen molar-refractivity contribution in [2.24, 2.45) is 0 Å². The third-order valence-electron chi connectivity index (χ3n) is 2.39. The molecule has 0 heterocycles. The molecule has 0 aliphatic carbocycles. The molecule has 0 spiro atoms. The minimum absolute atomic E-state index is 0.0180. The fourth-order valence-electron chi connectivity index (χ4n) is 1.38. The fraction of sp³-hybridized carbons (Fsp3) is 0.462. The Kier molecular flexibility index (Phi) is 5.83. The van der Waals surface area contributed by atoms with Gasteiger partial charge in [0.2, 0.25) is 0 Å². The van der Waals surface area contributed by atoms with Crippen LogP contribution >= 0.6 is 0 Å². The van der Waals surface area contributed by atoms with Gasteiger partial charge in [0, 0.05) is 6.42 Å². The van der Waals surface area contributed by atoms with Crippen LogP contribution in [0.3, 0.4) is 0 Å². The molecular weight excluding hydrogens is 220 g/mol. The van der Waals surface area contributed by atoms with Gasteiger partial charge >= 0.3 is 0 Å². The highest BCUT2D eigenvalue weighted by Gasteiger charge is 2.15. The second-order valence-corrected chi connectivity index (χ2v) is 4.02. The van der Waals surface area contributed by atoms with E-state index in [0.29, 0.717) is 6.61 Å². The topological polar surface area (TPSA) is 66.8 Å². The van der Waals surface area contributed by atoms with E-state index in [4.69, 9.17) is 4.74 Å². The number of hydrogen-bond donors (Lipinski definition) is 2. The Hall–Kier alpha value is -1.23. The molecule has 2 atom stereocenters. The van der Waals surface area contributed by atoms with E-state index in [9.17, 15) is 15.0 Å². The number of ketones is 1. The molecule has 0 amide bonds. The van der Waals surface area contributed by atoms with Crippen LogP contribution in [0.4, 0.5) is 0 Å². The Balaban J connectivity index is 2.20. The zero-order valence-corrected chi connectivity index (χ0v) is 9.87. The summed E-state index contributed by atoms with van der Waals surface area (Å²) in [5.41, 5.74) is 1.02. The first-order valence-electron chi connectivity index (χ1n) is 5.58. The Morgan fingerprint density at radius 3 is 2.53 bits per heavy atom. The summed E-state index contributed by atoms with van der Waals surface area (Å²) in [6.45, 7) is 1.81. The van der Waals surface area contributed by atoms with Crippen molar-refractivity contribution in [3.63, 3.8) is 0 Å². The highest BCUT2D eigenvalue weighted by molar-refractivity contribution is 5.80. The normalized spacial score (nSPS) is 14.3. The fourth-order valence-corrected chi connectivity index (χ4v) is 1.38. The van der Waals surface area contributed by atoms with E-state index in [2.05, 4.69) is 0 Å². The van der Waals surface area contributed by atoms with Crippen molar-refractivity contribution in [1.29, 1.82) is 0 Å². The predicted molar refractivity (Wildman–Crippen MR) is 63.4 cm³/mol. The highest BCUT2D eigenvalue weighted by Crippen LogP contribution is 2.04. The smallest absolute Gasteiger partial charge is 0.158 e. The number of carbonyl (C=O) groups is 1. The maximum atomic E-state index is 10.8. The Morgan fingerprint density at radius 1 is 1.29 bits per heavy atom. The molecule has 4 heteroatoms. The van der Waals surface area contributed by atoms with Gasteiger partial charge in [-0.25, -0.2) is 0 Å². The number of carbonyl (C=O) groups excluding carboxylic acids is 1. The minimum atomic E-state index is -1.11. The van der Waals surface area contributed by atoms with E-state index >= 15 is 0 Å². The zero-order valence-electron chi connectivity index (χ0n) is 9.87. The van der Waals surface area contributed by atoms with Gasteiger partial charge in [0.05, 0.1) is 19.3 Å².